The molecule has 1 N–H and O–H groups in total. The Morgan fingerprint density at radius 1 is 1.42 bits per heavy atom. The molecule has 19 heavy (non-hydrogen) atoms. The first-order valence-electron chi connectivity index (χ1n) is 5.98. The quantitative estimate of drug-likeness (QED) is 0.847. The fourth-order valence-electron chi connectivity index (χ4n) is 1.75. The molecule has 1 amide bonds. The molecule has 0 aromatic carbocycles. The minimum atomic E-state index is -3.47. The molecule has 1 fully saturated rings. The van der Waals surface area contributed by atoms with Crippen LogP contribution in [-0.4, -0.2) is 52.1 Å². The van der Waals surface area contributed by atoms with Gasteiger partial charge in [0.1, 0.15) is 4.21 Å². The number of nitrogens with zero attached hydrogens (tertiary/aromatic N) is 1. The fraction of sp³-hybridized carbons (Fsp3) is 0.545. The van der Waals surface area contributed by atoms with Crippen LogP contribution in [0.25, 0.3) is 0 Å². The number of rotatable bonds is 5. The second-order valence-corrected chi connectivity index (χ2v) is 7.01. The number of nitrogens with one attached hydrogen (secondary N) is 1. The summed E-state index contributed by atoms with van der Waals surface area (Å²) in [6.07, 6.45) is 0.171. The number of hydrogen-bond acceptors (Lipinski definition) is 5. The maximum absolute atomic E-state index is 11.8. The molecular weight excluding hydrogens is 288 g/mol. The molecule has 6 nitrogen and oxygen atoms in total. The van der Waals surface area contributed by atoms with Gasteiger partial charge in [0.05, 0.1) is 13.2 Å². The van der Waals surface area contributed by atoms with Crippen LogP contribution < -0.4 is 4.72 Å². The Kier molecular flexibility index (Phi) is 4.92. The number of morpholine rings is 1. The average molecular weight is 304 g/mol. The first-order chi connectivity index (χ1) is 9.09. The number of amides is 1. The molecule has 2 heterocycles. The predicted octanol–water partition coefficient (Wildman–Crippen LogP) is 0.275. The number of ether oxygens (including phenoxy) is 1. The summed E-state index contributed by atoms with van der Waals surface area (Å²) in [7, 11) is -3.47. The highest BCUT2D eigenvalue weighted by Gasteiger charge is 2.18. The van der Waals surface area contributed by atoms with Gasteiger partial charge in [0.25, 0.3) is 0 Å². The Morgan fingerprint density at radius 2 is 2.16 bits per heavy atom. The summed E-state index contributed by atoms with van der Waals surface area (Å²) in [6.45, 7) is 2.38. The van der Waals surface area contributed by atoms with E-state index in [0.717, 1.165) is 11.3 Å². The Labute approximate surface area is 116 Å². The molecule has 0 aliphatic carbocycles. The molecule has 0 radical (unpaired) electrons. The predicted molar refractivity (Wildman–Crippen MR) is 71.5 cm³/mol. The van der Waals surface area contributed by atoms with Gasteiger partial charge in [0.2, 0.25) is 15.9 Å². The Balaban J connectivity index is 1.78. The SMILES string of the molecule is O=C(CCNS(=O)(=O)c1cccs1)N1CCOCC1. The number of thiophene rings is 1. The van der Waals surface area contributed by atoms with Crippen LogP contribution in [0.1, 0.15) is 6.42 Å². The van der Waals surface area contributed by atoms with Crippen molar-refractivity contribution in [3.05, 3.63) is 17.5 Å². The number of carbonyl (C=O) groups is 1. The number of hydrogen-bond donors (Lipinski definition) is 1. The van der Waals surface area contributed by atoms with E-state index in [1.54, 1.807) is 16.3 Å². The second-order valence-electron chi connectivity index (χ2n) is 4.07. The molecule has 1 aliphatic heterocycles. The zero-order valence-electron chi connectivity index (χ0n) is 10.4. The van der Waals surface area contributed by atoms with Crippen molar-refractivity contribution in [1.29, 1.82) is 0 Å². The van der Waals surface area contributed by atoms with E-state index in [9.17, 15) is 13.2 Å². The van der Waals surface area contributed by atoms with Gasteiger partial charge >= 0.3 is 0 Å². The highest BCUT2D eigenvalue weighted by atomic mass is 32.2. The molecule has 0 atom stereocenters. The summed E-state index contributed by atoms with van der Waals surface area (Å²) in [4.78, 5) is 13.5. The molecule has 1 aliphatic rings. The van der Waals surface area contributed by atoms with Crippen molar-refractivity contribution in [1.82, 2.24) is 9.62 Å². The standard InChI is InChI=1S/C11H16N2O4S2/c14-10(13-5-7-17-8-6-13)3-4-12-19(15,16)11-2-1-9-18-11/h1-2,9,12H,3-8H2. The zero-order chi connectivity index (χ0) is 13.7. The highest BCUT2D eigenvalue weighted by molar-refractivity contribution is 7.91. The summed E-state index contributed by atoms with van der Waals surface area (Å²) < 4.78 is 31.5. The van der Waals surface area contributed by atoms with E-state index in [0.29, 0.717) is 26.3 Å². The van der Waals surface area contributed by atoms with Crippen LogP contribution in [0.4, 0.5) is 0 Å². The highest BCUT2D eigenvalue weighted by Crippen LogP contribution is 2.15. The molecule has 1 aromatic heterocycles. The topological polar surface area (TPSA) is 75.7 Å². The lowest BCUT2D eigenvalue weighted by Gasteiger charge is -2.26. The molecule has 1 saturated heterocycles. The van der Waals surface area contributed by atoms with Crippen LogP contribution in [0.2, 0.25) is 0 Å². The van der Waals surface area contributed by atoms with Crippen LogP contribution in [0, 0.1) is 0 Å². The summed E-state index contributed by atoms with van der Waals surface area (Å²) in [6, 6.07) is 3.22. The maximum atomic E-state index is 11.8. The average Bonchev–Trinajstić information content (AvgIpc) is 2.94. The largest absolute Gasteiger partial charge is 0.378 e. The van der Waals surface area contributed by atoms with Gasteiger partial charge in [-0.2, -0.15) is 0 Å². The lowest BCUT2D eigenvalue weighted by atomic mass is 10.3. The number of carbonyl (C=O) groups excluding carboxylic acids is 1. The molecule has 0 bridgehead atoms. The van der Waals surface area contributed by atoms with Crippen molar-refractivity contribution < 1.29 is 17.9 Å². The maximum Gasteiger partial charge on any atom is 0.250 e. The van der Waals surface area contributed by atoms with E-state index in [4.69, 9.17) is 4.74 Å². The van der Waals surface area contributed by atoms with Gasteiger partial charge < -0.3 is 9.64 Å². The minimum Gasteiger partial charge on any atom is -0.378 e. The third-order valence-electron chi connectivity index (χ3n) is 2.75. The van der Waals surface area contributed by atoms with Crippen LogP contribution in [0.15, 0.2) is 21.7 Å². The normalized spacial score (nSPS) is 16.5. The van der Waals surface area contributed by atoms with Gasteiger partial charge in [0, 0.05) is 26.1 Å². The van der Waals surface area contributed by atoms with Crippen LogP contribution in [-0.2, 0) is 19.6 Å². The second kappa shape index (κ2) is 6.47. The lowest BCUT2D eigenvalue weighted by Crippen LogP contribution is -2.41. The van der Waals surface area contributed by atoms with Gasteiger partial charge in [-0.05, 0) is 11.4 Å². The number of sulfonamides is 1. The first-order valence-corrected chi connectivity index (χ1v) is 8.34. The van der Waals surface area contributed by atoms with E-state index >= 15 is 0 Å². The molecule has 0 unspecified atom stereocenters. The van der Waals surface area contributed by atoms with Crippen molar-refractivity contribution in [3.8, 4) is 0 Å². The molecular formula is C11H16N2O4S2. The van der Waals surface area contributed by atoms with E-state index < -0.39 is 10.0 Å². The molecule has 2 rings (SSSR count). The molecule has 0 saturated carbocycles. The van der Waals surface area contributed by atoms with Crippen molar-refractivity contribution in [3.63, 3.8) is 0 Å². The third-order valence-corrected chi connectivity index (χ3v) is 5.61. The van der Waals surface area contributed by atoms with Gasteiger partial charge in [-0.1, -0.05) is 6.07 Å². The van der Waals surface area contributed by atoms with Crippen LogP contribution >= 0.6 is 11.3 Å². The fourth-order valence-corrected chi connectivity index (χ4v) is 3.82. The Bertz CT molecular complexity index is 507. The summed E-state index contributed by atoms with van der Waals surface area (Å²) in [5, 5.41) is 1.70. The molecule has 0 spiro atoms. The first kappa shape index (κ1) is 14.4. The van der Waals surface area contributed by atoms with Gasteiger partial charge in [0.15, 0.2) is 0 Å². The van der Waals surface area contributed by atoms with Crippen molar-refractivity contribution in [2.24, 2.45) is 0 Å². The Hall–Kier alpha value is -0.960. The third kappa shape index (κ3) is 4.00. The van der Waals surface area contributed by atoms with E-state index in [-0.39, 0.29) is 23.1 Å². The summed E-state index contributed by atoms with van der Waals surface area (Å²) in [5.74, 6) is -0.0443. The van der Waals surface area contributed by atoms with Gasteiger partial charge in [-0.3, -0.25) is 4.79 Å². The van der Waals surface area contributed by atoms with Gasteiger partial charge in [-0.25, -0.2) is 13.1 Å². The van der Waals surface area contributed by atoms with Crippen molar-refractivity contribution in [2.45, 2.75) is 10.6 Å². The van der Waals surface area contributed by atoms with Crippen LogP contribution in [0.5, 0.6) is 0 Å². The lowest BCUT2D eigenvalue weighted by molar-refractivity contribution is -0.135. The van der Waals surface area contributed by atoms with E-state index in [2.05, 4.69) is 4.72 Å². The summed E-state index contributed by atoms with van der Waals surface area (Å²) in [5.41, 5.74) is 0. The smallest absolute Gasteiger partial charge is 0.250 e. The van der Waals surface area contributed by atoms with E-state index in [1.165, 1.54) is 6.07 Å². The zero-order valence-corrected chi connectivity index (χ0v) is 12.0. The summed E-state index contributed by atoms with van der Waals surface area (Å²) >= 11 is 1.15. The van der Waals surface area contributed by atoms with E-state index in [1.807, 2.05) is 0 Å². The van der Waals surface area contributed by atoms with Crippen molar-refractivity contribution in [2.75, 3.05) is 32.8 Å². The molecule has 106 valence electrons. The monoisotopic (exact) mass is 304 g/mol. The minimum absolute atomic E-state index is 0.0443. The van der Waals surface area contributed by atoms with Crippen molar-refractivity contribution >= 4 is 27.3 Å². The molecule has 8 heteroatoms. The van der Waals surface area contributed by atoms with Crippen LogP contribution in [0.3, 0.4) is 0 Å². The molecule has 1 aromatic rings. The Morgan fingerprint density at radius 3 is 2.79 bits per heavy atom. The van der Waals surface area contributed by atoms with Gasteiger partial charge in [-0.15, -0.1) is 11.3 Å².